The number of Topliss-reactive ketones (excluding diaryl/α,β-unsaturated/α-hetero) is 1. The van der Waals surface area contributed by atoms with Crippen LogP contribution in [0.15, 0.2) is 24.3 Å². The third kappa shape index (κ3) is 4.05. The van der Waals surface area contributed by atoms with Gasteiger partial charge in [0, 0.05) is 5.56 Å². The minimum absolute atomic E-state index is 0.139. The molecule has 1 heterocycles. The van der Waals surface area contributed by atoms with Crippen molar-refractivity contribution in [3.05, 3.63) is 34.9 Å². The number of nitrogens with zero attached hydrogens (tertiary/aromatic N) is 1. The Labute approximate surface area is 120 Å². The van der Waals surface area contributed by atoms with E-state index in [0.717, 1.165) is 19.0 Å². The van der Waals surface area contributed by atoms with Gasteiger partial charge in [0.05, 0.1) is 11.6 Å². The largest absolute Gasteiger partial charge is 0.296 e. The lowest BCUT2D eigenvalue weighted by atomic mass is 9.98. The number of rotatable bonds is 4. The Morgan fingerprint density at radius 2 is 2.11 bits per heavy atom. The zero-order chi connectivity index (χ0) is 13.7. The van der Waals surface area contributed by atoms with Crippen molar-refractivity contribution in [3.63, 3.8) is 0 Å². The Morgan fingerprint density at radius 3 is 2.84 bits per heavy atom. The predicted molar refractivity (Wildman–Crippen MR) is 79.9 cm³/mol. The van der Waals surface area contributed by atoms with Crippen LogP contribution in [-0.4, -0.2) is 30.3 Å². The van der Waals surface area contributed by atoms with E-state index >= 15 is 0 Å². The van der Waals surface area contributed by atoms with E-state index < -0.39 is 0 Å². The summed E-state index contributed by atoms with van der Waals surface area (Å²) in [5, 5.41) is 0.564. The van der Waals surface area contributed by atoms with Gasteiger partial charge >= 0.3 is 0 Å². The van der Waals surface area contributed by atoms with Crippen molar-refractivity contribution in [2.24, 2.45) is 5.92 Å². The summed E-state index contributed by atoms with van der Waals surface area (Å²) in [4.78, 5) is 14.6. The molecule has 0 amide bonds. The van der Waals surface area contributed by atoms with Crippen molar-refractivity contribution in [3.8, 4) is 0 Å². The molecule has 0 bridgehead atoms. The molecular weight excluding hydrogens is 258 g/mol. The number of ketones is 1. The van der Waals surface area contributed by atoms with Crippen LogP contribution in [0.4, 0.5) is 0 Å². The standard InChI is InChI=1S/C16H22ClNO/c1-2-13-6-5-10-18(11-9-13)12-16(19)14-7-3-4-8-15(14)17/h3-4,7-8,13H,2,5-6,9-12H2,1H3. The number of carbonyl (C=O) groups is 1. The topological polar surface area (TPSA) is 20.3 Å². The number of hydrogen-bond donors (Lipinski definition) is 0. The summed E-state index contributed by atoms with van der Waals surface area (Å²) in [5.41, 5.74) is 0.653. The van der Waals surface area contributed by atoms with Gasteiger partial charge in [0.15, 0.2) is 5.78 Å². The third-order valence-corrected chi connectivity index (χ3v) is 4.39. The fourth-order valence-electron chi connectivity index (χ4n) is 2.77. The number of hydrogen-bond acceptors (Lipinski definition) is 2. The number of carbonyl (C=O) groups excluding carboxylic acids is 1. The summed E-state index contributed by atoms with van der Waals surface area (Å²) < 4.78 is 0. The first-order valence-electron chi connectivity index (χ1n) is 7.20. The highest BCUT2D eigenvalue weighted by Crippen LogP contribution is 2.21. The van der Waals surface area contributed by atoms with Crippen LogP contribution in [-0.2, 0) is 0 Å². The normalized spacial score (nSPS) is 21.1. The molecule has 1 aromatic carbocycles. The van der Waals surface area contributed by atoms with E-state index in [2.05, 4.69) is 11.8 Å². The Kier molecular flexibility index (Phi) is 5.41. The second-order valence-corrected chi connectivity index (χ2v) is 5.79. The molecule has 0 spiro atoms. The molecule has 1 aliphatic heterocycles. The fourth-order valence-corrected chi connectivity index (χ4v) is 3.01. The molecule has 2 nitrogen and oxygen atoms in total. The van der Waals surface area contributed by atoms with Crippen LogP contribution in [0.1, 0.15) is 43.0 Å². The fraction of sp³-hybridized carbons (Fsp3) is 0.562. The van der Waals surface area contributed by atoms with Crippen molar-refractivity contribution >= 4 is 17.4 Å². The van der Waals surface area contributed by atoms with Crippen LogP contribution in [0.3, 0.4) is 0 Å². The van der Waals surface area contributed by atoms with Gasteiger partial charge < -0.3 is 0 Å². The van der Waals surface area contributed by atoms with E-state index in [-0.39, 0.29) is 5.78 Å². The zero-order valence-electron chi connectivity index (χ0n) is 11.6. The van der Waals surface area contributed by atoms with Crippen molar-refractivity contribution in [2.45, 2.75) is 32.6 Å². The quantitative estimate of drug-likeness (QED) is 0.776. The number of benzene rings is 1. The first kappa shape index (κ1) is 14.5. The lowest BCUT2D eigenvalue weighted by Crippen LogP contribution is -2.31. The van der Waals surface area contributed by atoms with Gasteiger partial charge in [0.1, 0.15) is 0 Å². The molecule has 1 aromatic rings. The summed E-state index contributed by atoms with van der Waals surface area (Å²) in [5.74, 6) is 0.973. The maximum absolute atomic E-state index is 12.3. The van der Waals surface area contributed by atoms with Crippen LogP contribution in [0, 0.1) is 5.92 Å². The van der Waals surface area contributed by atoms with Crippen LogP contribution >= 0.6 is 11.6 Å². The first-order chi connectivity index (χ1) is 9.20. The summed E-state index contributed by atoms with van der Waals surface area (Å²) in [6, 6.07) is 7.33. The molecule has 0 saturated carbocycles. The summed E-state index contributed by atoms with van der Waals surface area (Å²) in [7, 11) is 0. The van der Waals surface area contributed by atoms with Gasteiger partial charge in [-0.3, -0.25) is 9.69 Å². The Morgan fingerprint density at radius 1 is 1.32 bits per heavy atom. The van der Waals surface area contributed by atoms with E-state index in [1.165, 1.54) is 25.7 Å². The van der Waals surface area contributed by atoms with Crippen molar-refractivity contribution in [1.82, 2.24) is 4.90 Å². The Hall–Kier alpha value is -0.860. The van der Waals surface area contributed by atoms with Gasteiger partial charge in [-0.2, -0.15) is 0 Å². The van der Waals surface area contributed by atoms with Gasteiger partial charge in [-0.15, -0.1) is 0 Å². The van der Waals surface area contributed by atoms with Gasteiger partial charge in [-0.25, -0.2) is 0 Å². The second kappa shape index (κ2) is 7.06. The molecule has 1 atom stereocenters. The predicted octanol–water partition coefficient (Wildman–Crippen LogP) is 4.03. The summed E-state index contributed by atoms with van der Waals surface area (Å²) in [6.07, 6.45) is 4.97. The van der Waals surface area contributed by atoms with E-state index in [1.807, 2.05) is 18.2 Å². The minimum Gasteiger partial charge on any atom is -0.296 e. The maximum atomic E-state index is 12.3. The molecule has 1 saturated heterocycles. The van der Waals surface area contributed by atoms with Gasteiger partial charge in [-0.05, 0) is 50.4 Å². The molecule has 0 aliphatic carbocycles. The zero-order valence-corrected chi connectivity index (χ0v) is 12.3. The molecule has 3 heteroatoms. The number of halogens is 1. The molecule has 0 radical (unpaired) electrons. The Balaban J connectivity index is 1.94. The highest BCUT2D eigenvalue weighted by atomic mass is 35.5. The second-order valence-electron chi connectivity index (χ2n) is 5.38. The average molecular weight is 280 g/mol. The van der Waals surface area contributed by atoms with Crippen LogP contribution in [0.2, 0.25) is 5.02 Å². The highest BCUT2D eigenvalue weighted by molar-refractivity contribution is 6.34. The van der Waals surface area contributed by atoms with Crippen LogP contribution in [0.25, 0.3) is 0 Å². The molecular formula is C16H22ClNO. The average Bonchev–Trinajstić information content (AvgIpc) is 2.64. The van der Waals surface area contributed by atoms with Crippen molar-refractivity contribution in [1.29, 1.82) is 0 Å². The molecule has 0 aromatic heterocycles. The molecule has 0 N–H and O–H groups in total. The van der Waals surface area contributed by atoms with Gasteiger partial charge in [0.25, 0.3) is 0 Å². The molecule has 104 valence electrons. The third-order valence-electron chi connectivity index (χ3n) is 4.06. The lowest BCUT2D eigenvalue weighted by Gasteiger charge is -2.19. The monoisotopic (exact) mass is 279 g/mol. The molecule has 1 aliphatic rings. The molecule has 1 fully saturated rings. The minimum atomic E-state index is 0.139. The summed E-state index contributed by atoms with van der Waals surface area (Å²) >= 11 is 6.08. The highest BCUT2D eigenvalue weighted by Gasteiger charge is 2.19. The van der Waals surface area contributed by atoms with Crippen LogP contribution in [0.5, 0.6) is 0 Å². The molecule has 2 rings (SSSR count). The van der Waals surface area contributed by atoms with E-state index in [4.69, 9.17) is 11.6 Å². The smallest absolute Gasteiger partial charge is 0.178 e. The van der Waals surface area contributed by atoms with Crippen molar-refractivity contribution in [2.75, 3.05) is 19.6 Å². The summed E-state index contributed by atoms with van der Waals surface area (Å²) in [6.45, 7) is 4.83. The maximum Gasteiger partial charge on any atom is 0.178 e. The van der Waals surface area contributed by atoms with Crippen molar-refractivity contribution < 1.29 is 4.79 Å². The number of likely N-dealkylation sites (tertiary alicyclic amines) is 1. The van der Waals surface area contributed by atoms with E-state index in [0.29, 0.717) is 17.1 Å². The van der Waals surface area contributed by atoms with Crippen LogP contribution < -0.4 is 0 Å². The van der Waals surface area contributed by atoms with E-state index in [9.17, 15) is 4.79 Å². The SMILES string of the molecule is CCC1CCCN(CC(=O)c2ccccc2Cl)CC1. The first-order valence-corrected chi connectivity index (χ1v) is 7.58. The van der Waals surface area contributed by atoms with E-state index in [1.54, 1.807) is 6.07 Å². The lowest BCUT2D eigenvalue weighted by molar-refractivity contribution is 0.0932. The molecule has 19 heavy (non-hydrogen) atoms. The Bertz CT molecular complexity index is 433. The van der Waals surface area contributed by atoms with Gasteiger partial charge in [-0.1, -0.05) is 37.1 Å². The molecule has 1 unspecified atom stereocenters. The van der Waals surface area contributed by atoms with Gasteiger partial charge in [0.2, 0.25) is 0 Å².